The summed E-state index contributed by atoms with van der Waals surface area (Å²) in [5, 5.41) is 9.34. The second-order valence-electron chi connectivity index (χ2n) is 4.42. The van der Waals surface area contributed by atoms with Crippen molar-refractivity contribution in [1.82, 2.24) is 0 Å². The standard InChI is InChI=1S/C14H15NO3S/c1-10-6-7-14(11(2)8-10)15-19(17,18)13-5-3-4-12(16)9-13/h3-9,15-16H,1-2H3. The van der Waals surface area contributed by atoms with Crippen LogP contribution in [0.15, 0.2) is 47.4 Å². The minimum atomic E-state index is -3.68. The van der Waals surface area contributed by atoms with E-state index < -0.39 is 10.0 Å². The Hall–Kier alpha value is -2.01. The molecule has 0 bridgehead atoms. The van der Waals surface area contributed by atoms with E-state index in [1.807, 2.05) is 26.0 Å². The van der Waals surface area contributed by atoms with Crippen LogP contribution in [0.2, 0.25) is 0 Å². The highest BCUT2D eigenvalue weighted by atomic mass is 32.2. The van der Waals surface area contributed by atoms with Crippen LogP contribution in [0, 0.1) is 13.8 Å². The number of benzene rings is 2. The summed E-state index contributed by atoms with van der Waals surface area (Å²) in [7, 11) is -3.68. The van der Waals surface area contributed by atoms with Gasteiger partial charge in [0.2, 0.25) is 0 Å². The molecule has 0 spiro atoms. The van der Waals surface area contributed by atoms with E-state index in [4.69, 9.17) is 0 Å². The fourth-order valence-corrected chi connectivity index (χ4v) is 2.95. The van der Waals surface area contributed by atoms with Crippen molar-refractivity contribution >= 4 is 15.7 Å². The number of phenolic OH excluding ortho intramolecular Hbond substituents is 1. The van der Waals surface area contributed by atoms with Crippen LogP contribution in [-0.4, -0.2) is 13.5 Å². The molecule has 0 aliphatic heterocycles. The third-order valence-corrected chi connectivity index (χ3v) is 4.12. The van der Waals surface area contributed by atoms with Gasteiger partial charge in [-0.1, -0.05) is 23.8 Å². The van der Waals surface area contributed by atoms with E-state index in [2.05, 4.69) is 4.72 Å². The summed E-state index contributed by atoms with van der Waals surface area (Å²) in [6, 6.07) is 11.0. The molecular weight excluding hydrogens is 262 g/mol. The van der Waals surface area contributed by atoms with Gasteiger partial charge in [-0.3, -0.25) is 4.72 Å². The van der Waals surface area contributed by atoms with E-state index in [0.717, 1.165) is 11.1 Å². The lowest BCUT2D eigenvalue weighted by atomic mass is 10.1. The molecule has 2 aromatic carbocycles. The molecule has 0 saturated carbocycles. The molecule has 0 aliphatic carbocycles. The number of anilines is 1. The Balaban J connectivity index is 2.36. The first kappa shape index (κ1) is 13.4. The van der Waals surface area contributed by atoms with Gasteiger partial charge in [-0.15, -0.1) is 0 Å². The lowest BCUT2D eigenvalue weighted by Gasteiger charge is -2.11. The van der Waals surface area contributed by atoms with Crippen molar-refractivity contribution in [3.05, 3.63) is 53.6 Å². The van der Waals surface area contributed by atoms with Gasteiger partial charge >= 0.3 is 0 Å². The lowest BCUT2D eigenvalue weighted by molar-refractivity contribution is 0.473. The molecule has 0 radical (unpaired) electrons. The van der Waals surface area contributed by atoms with Crippen molar-refractivity contribution in [2.45, 2.75) is 18.7 Å². The van der Waals surface area contributed by atoms with Crippen molar-refractivity contribution in [3.8, 4) is 5.75 Å². The minimum Gasteiger partial charge on any atom is -0.508 e. The first-order valence-electron chi connectivity index (χ1n) is 5.77. The van der Waals surface area contributed by atoms with Gasteiger partial charge in [0.25, 0.3) is 10.0 Å². The number of hydrogen-bond acceptors (Lipinski definition) is 3. The number of nitrogens with one attached hydrogen (secondary N) is 1. The molecular formula is C14H15NO3S. The maximum absolute atomic E-state index is 12.2. The molecule has 0 unspecified atom stereocenters. The molecule has 5 heteroatoms. The zero-order valence-electron chi connectivity index (χ0n) is 10.7. The molecule has 0 amide bonds. The Morgan fingerprint density at radius 3 is 2.42 bits per heavy atom. The summed E-state index contributed by atoms with van der Waals surface area (Å²) in [6.45, 7) is 3.79. The average molecular weight is 277 g/mol. The predicted molar refractivity (Wildman–Crippen MR) is 74.8 cm³/mol. The molecule has 2 rings (SSSR count). The molecule has 0 heterocycles. The SMILES string of the molecule is Cc1ccc(NS(=O)(=O)c2cccc(O)c2)c(C)c1. The van der Waals surface area contributed by atoms with Crippen molar-refractivity contribution in [2.75, 3.05) is 4.72 Å². The number of aryl methyl sites for hydroxylation is 2. The zero-order chi connectivity index (χ0) is 14.0. The van der Waals surface area contributed by atoms with Crippen LogP contribution in [0.1, 0.15) is 11.1 Å². The van der Waals surface area contributed by atoms with E-state index in [9.17, 15) is 13.5 Å². The molecule has 0 fully saturated rings. The first-order valence-corrected chi connectivity index (χ1v) is 7.26. The highest BCUT2D eigenvalue weighted by molar-refractivity contribution is 7.92. The number of sulfonamides is 1. The predicted octanol–water partition coefficient (Wildman–Crippen LogP) is 2.81. The molecule has 0 saturated heterocycles. The van der Waals surface area contributed by atoms with Crippen LogP contribution in [-0.2, 0) is 10.0 Å². The van der Waals surface area contributed by atoms with Crippen molar-refractivity contribution in [1.29, 1.82) is 0 Å². The van der Waals surface area contributed by atoms with E-state index >= 15 is 0 Å². The normalized spacial score (nSPS) is 11.3. The second kappa shape index (κ2) is 4.93. The number of phenols is 1. The van der Waals surface area contributed by atoms with Crippen molar-refractivity contribution in [3.63, 3.8) is 0 Å². The Labute approximate surface area is 112 Å². The minimum absolute atomic E-state index is 0.0347. The molecule has 0 aromatic heterocycles. The van der Waals surface area contributed by atoms with Gasteiger partial charge in [0, 0.05) is 6.07 Å². The monoisotopic (exact) mass is 277 g/mol. The van der Waals surface area contributed by atoms with Crippen LogP contribution in [0.5, 0.6) is 5.75 Å². The van der Waals surface area contributed by atoms with Crippen molar-refractivity contribution in [2.24, 2.45) is 0 Å². The molecule has 0 atom stereocenters. The summed E-state index contributed by atoms with van der Waals surface area (Å²) < 4.78 is 26.9. The first-order chi connectivity index (χ1) is 8.88. The number of rotatable bonds is 3. The number of aromatic hydroxyl groups is 1. The lowest BCUT2D eigenvalue weighted by Crippen LogP contribution is -2.13. The largest absolute Gasteiger partial charge is 0.508 e. The third kappa shape index (κ3) is 3.06. The maximum atomic E-state index is 12.2. The summed E-state index contributed by atoms with van der Waals surface area (Å²) in [6.07, 6.45) is 0. The summed E-state index contributed by atoms with van der Waals surface area (Å²) >= 11 is 0. The summed E-state index contributed by atoms with van der Waals surface area (Å²) in [5.41, 5.74) is 2.45. The molecule has 4 nitrogen and oxygen atoms in total. The van der Waals surface area contributed by atoms with Gasteiger partial charge in [-0.05, 0) is 37.6 Å². The highest BCUT2D eigenvalue weighted by Gasteiger charge is 2.15. The van der Waals surface area contributed by atoms with Crippen LogP contribution in [0.3, 0.4) is 0 Å². The zero-order valence-corrected chi connectivity index (χ0v) is 11.5. The van der Waals surface area contributed by atoms with Crippen LogP contribution < -0.4 is 4.72 Å². The van der Waals surface area contributed by atoms with Gasteiger partial charge in [0.15, 0.2) is 0 Å². The van der Waals surface area contributed by atoms with E-state index in [1.54, 1.807) is 6.07 Å². The van der Waals surface area contributed by atoms with Gasteiger partial charge in [0.05, 0.1) is 10.6 Å². The van der Waals surface area contributed by atoms with Gasteiger partial charge < -0.3 is 5.11 Å². The molecule has 2 N–H and O–H groups in total. The third-order valence-electron chi connectivity index (χ3n) is 2.75. The van der Waals surface area contributed by atoms with E-state index in [0.29, 0.717) is 5.69 Å². The van der Waals surface area contributed by atoms with E-state index in [-0.39, 0.29) is 10.6 Å². The van der Waals surface area contributed by atoms with Crippen LogP contribution >= 0.6 is 0 Å². The average Bonchev–Trinajstić information content (AvgIpc) is 2.33. The van der Waals surface area contributed by atoms with Crippen molar-refractivity contribution < 1.29 is 13.5 Å². The van der Waals surface area contributed by atoms with E-state index in [1.165, 1.54) is 24.3 Å². The Kier molecular flexibility index (Phi) is 3.48. The second-order valence-corrected chi connectivity index (χ2v) is 6.10. The molecule has 0 aliphatic rings. The molecule has 19 heavy (non-hydrogen) atoms. The highest BCUT2D eigenvalue weighted by Crippen LogP contribution is 2.22. The summed E-state index contributed by atoms with van der Waals surface area (Å²) in [5.74, 6) is -0.0801. The summed E-state index contributed by atoms with van der Waals surface area (Å²) in [4.78, 5) is 0.0347. The fraction of sp³-hybridized carbons (Fsp3) is 0.143. The smallest absolute Gasteiger partial charge is 0.262 e. The number of hydrogen-bond donors (Lipinski definition) is 2. The molecule has 100 valence electrons. The Morgan fingerprint density at radius 2 is 1.79 bits per heavy atom. The Morgan fingerprint density at radius 1 is 1.05 bits per heavy atom. The topological polar surface area (TPSA) is 66.4 Å². The van der Waals surface area contributed by atoms with Gasteiger partial charge in [-0.25, -0.2) is 8.42 Å². The fourth-order valence-electron chi connectivity index (χ4n) is 1.78. The van der Waals surface area contributed by atoms with Gasteiger partial charge in [0.1, 0.15) is 5.75 Å². The Bertz CT molecular complexity index is 708. The quantitative estimate of drug-likeness (QED) is 0.906. The van der Waals surface area contributed by atoms with Crippen LogP contribution in [0.4, 0.5) is 5.69 Å². The van der Waals surface area contributed by atoms with Gasteiger partial charge in [-0.2, -0.15) is 0 Å². The maximum Gasteiger partial charge on any atom is 0.262 e. The van der Waals surface area contributed by atoms with Crippen LogP contribution in [0.25, 0.3) is 0 Å². The molecule has 2 aromatic rings.